The molecule has 11 heteroatoms. The van der Waals surface area contributed by atoms with Crippen molar-refractivity contribution in [1.82, 2.24) is 15.0 Å². The highest BCUT2D eigenvalue weighted by Gasteiger charge is 2.46. The van der Waals surface area contributed by atoms with Crippen LogP contribution in [-0.2, 0) is 15.8 Å². The Morgan fingerprint density at radius 2 is 1.87 bits per heavy atom. The number of halogens is 4. The number of carboxylic acid groups (broad SMARTS) is 1. The Morgan fingerprint density at radius 1 is 1.21 bits per heavy atom. The molecule has 7 nitrogen and oxygen atoms in total. The lowest BCUT2D eigenvalue weighted by atomic mass is 9.67. The molecule has 3 rings (SSSR count). The van der Waals surface area contributed by atoms with Crippen LogP contribution in [0.2, 0.25) is 0 Å². The third-order valence-electron chi connectivity index (χ3n) is 7.85. The fourth-order valence-electron chi connectivity index (χ4n) is 4.94. The van der Waals surface area contributed by atoms with E-state index in [0.717, 1.165) is 11.1 Å². The molecule has 0 bridgehead atoms. The maximum Gasteiger partial charge on any atom is 0.434 e. The van der Waals surface area contributed by atoms with Crippen molar-refractivity contribution in [3.05, 3.63) is 41.0 Å². The average molecular weight is 541 g/mol. The van der Waals surface area contributed by atoms with Crippen molar-refractivity contribution in [2.24, 2.45) is 17.3 Å². The summed E-state index contributed by atoms with van der Waals surface area (Å²) < 4.78 is 58.0. The van der Waals surface area contributed by atoms with E-state index in [4.69, 9.17) is 5.11 Å². The van der Waals surface area contributed by atoms with Crippen LogP contribution >= 0.6 is 0 Å². The second-order valence-electron chi connectivity index (χ2n) is 11.5. The van der Waals surface area contributed by atoms with E-state index >= 15 is 0 Å². The minimum Gasteiger partial charge on any atom is -0.481 e. The number of aliphatic carboxylic acids is 1. The highest BCUT2D eigenvalue weighted by atomic mass is 19.4. The van der Waals surface area contributed by atoms with Crippen molar-refractivity contribution in [1.29, 1.82) is 0 Å². The van der Waals surface area contributed by atoms with Gasteiger partial charge in [0.05, 0.1) is 17.4 Å². The number of carbonyl (C=O) groups excluding carboxylic acids is 1. The van der Waals surface area contributed by atoms with Gasteiger partial charge in [0.2, 0.25) is 5.91 Å². The van der Waals surface area contributed by atoms with Crippen molar-refractivity contribution in [2.75, 3.05) is 5.32 Å². The summed E-state index contributed by atoms with van der Waals surface area (Å²) in [5.74, 6) is -3.10. The van der Waals surface area contributed by atoms with E-state index in [9.17, 15) is 27.2 Å². The van der Waals surface area contributed by atoms with Crippen LogP contribution in [0.1, 0.15) is 95.1 Å². The molecule has 38 heavy (non-hydrogen) atoms. The second kappa shape index (κ2) is 11.4. The molecule has 1 aromatic heterocycles. The zero-order valence-corrected chi connectivity index (χ0v) is 22.4. The second-order valence-corrected chi connectivity index (χ2v) is 11.5. The van der Waals surface area contributed by atoms with Gasteiger partial charge in [-0.15, -0.1) is 5.10 Å². The third-order valence-corrected chi connectivity index (χ3v) is 7.85. The van der Waals surface area contributed by atoms with Gasteiger partial charge in [-0.1, -0.05) is 39.0 Å². The van der Waals surface area contributed by atoms with Gasteiger partial charge in [-0.3, -0.25) is 9.59 Å². The fourth-order valence-corrected chi connectivity index (χ4v) is 4.94. The molecule has 1 aliphatic rings. The maximum atomic E-state index is 14.3. The number of aromatic nitrogens is 3. The maximum absolute atomic E-state index is 14.3. The van der Waals surface area contributed by atoms with Crippen molar-refractivity contribution >= 4 is 17.6 Å². The number of hydrogen-bond donors (Lipinski definition) is 2. The van der Waals surface area contributed by atoms with Crippen LogP contribution in [0.3, 0.4) is 0 Å². The summed E-state index contributed by atoms with van der Waals surface area (Å²) in [6.07, 6.45) is -4.06. The molecule has 0 aliphatic heterocycles. The molecule has 0 unspecified atom stereocenters. The van der Waals surface area contributed by atoms with Crippen molar-refractivity contribution < 1.29 is 32.3 Å². The first-order valence-electron chi connectivity index (χ1n) is 12.9. The number of nitrogens with one attached hydrogen (secondary N) is 1. The Kier molecular flexibility index (Phi) is 8.88. The number of anilines is 1. The van der Waals surface area contributed by atoms with Crippen LogP contribution in [0.4, 0.5) is 23.2 Å². The minimum atomic E-state index is -4.80. The van der Waals surface area contributed by atoms with E-state index in [-0.39, 0.29) is 23.4 Å². The van der Waals surface area contributed by atoms with E-state index in [0.29, 0.717) is 24.3 Å². The van der Waals surface area contributed by atoms with Gasteiger partial charge in [-0.25, -0.2) is 9.07 Å². The smallest absolute Gasteiger partial charge is 0.434 e. The predicted molar refractivity (Wildman–Crippen MR) is 134 cm³/mol. The summed E-state index contributed by atoms with van der Waals surface area (Å²) in [6.45, 7) is 10.2. The van der Waals surface area contributed by atoms with Gasteiger partial charge >= 0.3 is 12.1 Å². The van der Waals surface area contributed by atoms with Gasteiger partial charge in [0, 0.05) is 18.8 Å². The van der Waals surface area contributed by atoms with Crippen molar-refractivity contribution in [2.45, 2.75) is 91.3 Å². The summed E-state index contributed by atoms with van der Waals surface area (Å²) >= 11 is 0. The first-order valence-corrected chi connectivity index (χ1v) is 12.9. The van der Waals surface area contributed by atoms with Crippen molar-refractivity contribution in [3.8, 4) is 0 Å². The summed E-state index contributed by atoms with van der Waals surface area (Å²) in [4.78, 5) is 23.9. The highest BCUT2D eigenvalue weighted by molar-refractivity contribution is 5.91. The number of carboxylic acids is 1. The lowest BCUT2D eigenvalue weighted by Gasteiger charge is -2.42. The van der Waals surface area contributed by atoms with E-state index in [1.54, 1.807) is 13.0 Å². The van der Waals surface area contributed by atoms with E-state index in [1.807, 2.05) is 0 Å². The summed E-state index contributed by atoms with van der Waals surface area (Å²) in [5.41, 5.74) is -0.917. The Morgan fingerprint density at radius 3 is 2.42 bits per heavy atom. The summed E-state index contributed by atoms with van der Waals surface area (Å²) in [5, 5.41) is 19.2. The largest absolute Gasteiger partial charge is 0.481 e. The molecule has 1 aromatic carbocycles. The SMILES string of the molecule is Cc1ccc(NC(=O)C[C@H](CCC(=O)O)c2nnn([C@H]3C[C@@H](CC(C)(C)C(C)C)C3)c2C(F)(F)F)c(F)c1. The molecule has 0 radical (unpaired) electrons. The number of nitrogens with zero attached hydrogens (tertiary/aromatic N) is 3. The minimum absolute atomic E-state index is 0.0578. The lowest BCUT2D eigenvalue weighted by molar-refractivity contribution is -0.147. The van der Waals surface area contributed by atoms with Gasteiger partial charge in [0.1, 0.15) is 5.82 Å². The molecule has 1 heterocycles. The van der Waals surface area contributed by atoms with Gasteiger partial charge in [-0.2, -0.15) is 13.2 Å². The van der Waals surface area contributed by atoms with E-state index in [1.165, 1.54) is 12.1 Å². The molecule has 1 atom stereocenters. The van der Waals surface area contributed by atoms with E-state index in [2.05, 4.69) is 43.3 Å². The van der Waals surface area contributed by atoms with Gasteiger partial charge in [-0.05, 0) is 67.6 Å². The normalized spacial score (nSPS) is 18.8. The number of hydrogen-bond acceptors (Lipinski definition) is 4. The zero-order valence-electron chi connectivity index (χ0n) is 22.4. The highest BCUT2D eigenvalue weighted by Crippen LogP contribution is 2.48. The Hall–Kier alpha value is -2.98. The quantitative estimate of drug-likeness (QED) is 0.308. The number of rotatable bonds is 11. The third kappa shape index (κ3) is 7.11. The average Bonchev–Trinajstić information content (AvgIpc) is 3.20. The molecule has 0 spiro atoms. The molecule has 2 aromatic rings. The molecule has 1 aliphatic carbocycles. The number of aryl methyl sites for hydroxylation is 1. The van der Waals surface area contributed by atoms with Crippen LogP contribution < -0.4 is 5.32 Å². The first kappa shape index (κ1) is 29.6. The van der Waals surface area contributed by atoms with Crippen LogP contribution in [-0.4, -0.2) is 32.0 Å². The van der Waals surface area contributed by atoms with Gasteiger partial charge in [0.15, 0.2) is 5.69 Å². The van der Waals surface area contributed by atoms with Crippen molar-refractivity contribution in [3.63, 3.8) is 0 Å². The number of carbonyl (C=O) groups is 2. The molecular formula is C27H36F4N4O3. The number of benzene rings is 1. The molecule has 1 amide bonds. The monoisotopic (exact) mass is 540 g/mol. The van der Waals surface area contributed by atoms with Crippen LogP contribution in [0.25, 0.3) is 0 Å². The Balaban J connectivity index is 1.83. The lowest BCUT2D eigenvalue weighted by Crippen LogP contribution is -2.34. The molecule has 210 valence electrons. The number of amides is 1. The first-order chi connectivity index (χ1) is 17.6. The Bertz CT molecular complexity index is 1150. The molecule has 1 fully saturated rings. The molecule has 1 saturated carbocycles. The van der Waals surface area contributed by atoms with Crippen LogP contribution in [0.5, 0.6) is 0 Å². The standard InChI is InChI=1S/C27H36F4N4O3/c1-15(2)26(4,5)14-17-11-19(12-17)35-25(27(29,30)31)24(33-34-35)18(7-9-23(37)38)13-22(36)32-21-8-6-16(3)10-20(21)28/h6,8,10,15,17-19H,7,9,11-14H2,1-5H3,(H,32,36)(H,37,38)/t17-,18-,19+/m0/s1. The number of alkyl halides is 3. The Labute approximate surface area is 220 Å². The fraction of sp³-hybridized carbons (Fsp3) is 0.630. The van der Waals surface area contributed by atoms with Gasteiger partial charge < -0.3 is 10.4 Å². The molecule has 0 saturated heterocycles. The molecular weight excluding hydrogens is 504 g/mol. The topological polar surface area (TPSA) is 97.1 Å². The summed E-state index contributed by atoms with van der Waals surface area (Å²) in [6, 6.07) is 3.69. The van der Waals surface area contributed by atoms with Gasteiger partial charge in [0.25, 0.3) is 0 Å². The molecule has 2 N–H and O–H groups in total. The van der Waals surface area contributed by atoms with E-state index < -0.39 is 60.1 Å². The predicted octanol–water partition coefficient (Wildman–Crippen LogP) is 6.75. The zero-order chi connectivity index (χ0) is 28.4. The van der Waals surface area contributed by atoms with Crippen LogP contribution in [0, 0.1) is 30.0 Å². The summed E-state index contributed by atoms with van der Waals surface area (Å²) in [7, 11) is 0. The van der Waals surface area contributed by atoms with Crippen LogP contribution in [0.15, 0.2) is 18.2 Å².